The molecule has 5 nitrogen and oxygen atoms in total. The van der Waals surface area contributed by atoms with Crippen molar-refractivity contribution in [2.45, 2.75) is 31.2 Å². The lowest BCUT2D eigenvalue weighted by Crippen LogP contribution is -2.45. The molecule has 1 heterocycles. The lowest BCUT2D eigenvalue weighted by Gasteiger charge is -2.33. The van der Waals surface area contributed by atoms with Crippen molar-refractivity contribution in [3.8, 4) is 0 Å². The number of hydrogen-bond acceptors (Lipinski definition) is 4. The van der Waals surface area contributed by atoms with Gasteiger partial charge in [-0.2, -0.15) is 4.31 Å². The van der Waals surface area contributed by atoms with Crippen molar-refractivity contribution >= 4 is 15.8 Å². The van der Waals surface area contributed by atoms with E-state index in [0.717, 1.165) is 0 Å². The van der Waals surface area contributed by atoms with Gasteiger partial charge in [0, 0.05) is 18.3 Å². The molecule has 2 N–H and O–H groups in total. The Morgan fingerprint density at radius 3 is 2.56 bits per heavy atom. The van der Waals surface area contributed by atoms with Gasteiger partial charge in [0.2, 0.25) is 10.0 Å². The molecular formula is C12H19N3O2S. The molecule has 0 amide bonds. The zero-order valence-electron chi connectivity index (χ0n) is 10.9. The molecule has 1 rings (SSSR count). The predicted molar refractivity (Wildman–Crippen MR) is 72.5 cm³/mol. The molecule has 0 aromatic carbocycles. The van der Waals surface area contributed by atoms with Crippen LogP contribution in [0.2, 0.25) is 0 Å². The fourth-order valence-electron chi connectivity index (χ4n) is 1.59. The molecule has 0 aliphatic carbocycles. The summed E-state index contributed by atoms with van der Waals surface area (Å²) >= 11 is 0. The Kier molecular flexibility index (Phi) is 4.13. The molecule has 0 fully saturated rings. The number of nitrogens with two attached hydrogens (primary N) is 1. The Balaban J connectivity index is 3.35. The lowest BCUT2D eigenvalue weighted by atomic mass is 10.1. The van der Waals surface area contributed by atoms with Crippen molar-refractivity contribution in [2.24, 2.45) is 0 Å². The molecule has 0 saturated heterocycles. The van der Waals surface area contributed by atoms with Gasteiger partial charge in [-0.05, 0) is 32.9 Å². The molecule has 1 aromatic heterocycles. The summed E-state index contributed by atoms with van der Waals surface area (Å²) in [7, 11) is -3.68. The highest BCUT2D eigenvalue weighted by Gasteiger charge is 2.34. The number of nitrogens with zero attached hydrogens (tertiary/aromatic N) is 2. The molecule has 0 saturated carbocycles. The van der Waals surface area contributed by atoms with Crippen LogP contribution in [-0.2, 0) is 10.0 Å². The average Bonchev–Trinajstić information content (AvgIpc) is 2.24. The zero-order chi connectivity index (χ0) is 14.0. The predicted octanol–water partition coefficient (Wildman–Crippen LogP) is 1.64. The molecular weight excluding hydrogens is 250 g/mol. The molecule has 0 aliphatic rings. The van der Waals surface area contributed by atoms with Crippen LogP contribution in [0.3, 0.4) is 0 Å². The third kappa shape index (κ3) is 2.88. The van der Waals surface area contributed by atoms with Crippen LogP contribution in [0.5, 0.6) is 0 Å². The zero-order valence-corrected chi connectivity index (χ0v) is 11.7. The number of hydrogen-bond donors (Lipinski definition) is 1. The van der Waals surface area contributed by atoms with E-state index in [1.165, 1.54) is 16.6 Å². The van der Waals surface area contributed by atoms with Gasteiger partial charge in [0.15, 0.2) is 0 Å². The summed E-state index contributed by atoms with van der Waals surface area (Å²) in [6.45, 7) is 9.27. The van der Waals surface area contributed by atoms with Crippen molar-refractivity contribution in [3.05, 3.63) is 31.0 Å². The van der Waals surface area contributed by atoms with Gasteiger partial charge < -0.3 is 5.73 Å². The third-order valence-electron chi connectivity index (χ3n) is 2.41. The smallest absolute Gasteiger partial charge is 0.247 e. The van der Waals surface area contributed by atoms with E-state index < -0.39 is 15.6 Å². The Bertz CT molecular complexity index is 532. The number of sulfonamides is 1. The van der Waals surface area contributed by atoms with Crippen LogP contribution in [0.15, 0.2) is 35.9 Å². The summed E-state index contributed by atoms with van der Waals surface area (Å²) in [5.74, 6) is 0.0100. The lowest BCUT2D eigenvalue weighted by molar-refractivity contribution is 0.270. The normalized spacial score (nSPS) is 12.7. The van der Waals surface area contributed by atoms with Gasteiger partial charge in [-0.15, -0.1) is 6.58 Å². The van der Waals surface area contributed by atoms with E-state index in [4.69, 9.17) is 5.73 Å². The minimum absolute atomic E-state index is 0.0100. The second-order valence-corrected chi connectivity index (χ2v) is 6.71. The second kappa shape index (κ2) is 5.07. The molecule has 0 aliphatic heterocycles. The van der Waals surface area contributed by atoms with Crippen molar-refractivity contribution in [3.63, 3.8) is 0 Å². The standard InChI is InChI=1S/C12H19N3O2S/c1-5-9-15(12(2,3)4)18(16,17)10-7-6-8-14-11(10)13/h5-8H,1,9H2,2-4H3,(H2,13,14). The number of nitrogen functional groups attached to an aromatic ring is 1. The highest BCUT2D eigenvalue weighted by molar-refractivity contribution is 7.89. The second-order valence-electron chi connectivity index (χ2n) is 4.88. The van der Waals surface area contributed by atoms with Crippen LogP contribution < -0.4 is 5.73 Å². The van der Waals surface area contributed by atoms with Crippen molar-refractivity contribution in [1.82, 2.24) is 9.29 Å². The minimum Gasteiger partial charge on any atom is -0.383 e. The SMILES string of the molecule is C=CCN(C(C)(C)C)S(=O)(=O)c1cccnc1N. The van der Waals surface area contributed by atoms with Crippen LogP contribution in [0, 0.1) is 0 Å². The first-order valence-electron chi connectivity index (χ1n) is 5.55. The minimum atomic E-state index is -3.68. The maximum atomic E-state index is 12.5. The van der Waals surface area contributed by atoms with Gasteiger partial charge in [0.1, 0.15) is 10.7 Å². The van der Waals surface area contributed by atoms with Crippen LogP contribution in [0.25, 0.3) is 0 Å². The molecule has 0 bridgehead atoms. The monoisotopic (exact) mass is 269 g/mol. The molecule has 0 radical (unpaired) electrons. The van der Waals surface area contributed by atoms with Crippen LogP contribution in [-0.4, -0.2) is 29.8 Å². The summed E-state index contributed by atoms with van der Waals surface area (Å²) in [5, 5.41) is 0. The van der Waals surface area contributed by atoms with Crippen LogP contribution >= 0.6 is 0 Å². The first-order valence-corrected chi connectivity index (χ1v) is 6.99. The van der Waals surface area contributed by atoms with Gasteiger partial charge in [-0.25, -0.2) is 13.4 Å². The van der Waals surface area contributed by atoms with E-state index in [-0.39, 0.29) is 17.3 Å². The van der Waals surface area contributed by atoms with Crippen LogP contribution in [0.4, 0.5) is 5.82 Å². The molecule has 0 unspecified atom stereocenters. The van der Waals surface area contributed by atoms with Gasteiger partial charge in [-0.3, -0.25) is 0 Å². The molecule has 18 heavy (non-hydrogen) atoms. The highest BCUT2D eigenvalue weighted by atomic mass is 32.2. The molecule has 0 atom stereocenters. The number of anilines is 1. The first-order chi connectivity index (χ1) is 8.21. The molecule has 100 valence electrons. The summed E-state index contributed by atoms with van der Waals surface area (Å²) < 4.78 is 26.4. The average molecular weight is 269 g/mol. The highest BCUT2D eigenvalue weighted by Crippen LogP contribution is 2.26. The quantitative estimate of drug-likeness (QED) is 0.843. The summed E-state index contributed by atoms with van der Waals surface area (Å²) in [6, 6.07) is 3.01. The van der Waals surface area contributed by atoms with E-state index in [1.807, 2.05) is 20.8 Å². The molecule has 6 heteroatoms. The number of rotatable bonds is 4. The fourth-order valence-corrected chi connectivity index (χ4v) is 3.42. The van der Waals surface area contributed by atoms with Gasteiger partial charge in [-0.1, -0.05) is 6.08 Å². The van der Waals surface area contributed by atoms with E-state index in [2.05, 4.69) is 11.6 Å². The fraction of sp³-hybridized carbons (Fsp3) is 0.417. The third-order valence-corrected chi connectivity index (χ3v) is 4.59. The van der Waals surface area contributed by atoms with Crippen molar-refractivity contribution < 1.29 is 8.42 Å². The van der Waals surface area contributed by atoms with E-state index in [1.54, 1.807) is 12.1 Å². The van der Waals surface area contributed by atoms with Crippen LogP contribution in [0.1, 0.15) is 20.8 Å². The summed E-state index contributed by atoms with van der Waals surface area (Å²) in [4.78, 5) is 3.85. The van der Waals surface area contributed by atoms with E-state index in [9.17, 15) is 8.42 Å². The maximum absolute atomic E-state index is 12.5. The number of aromatic nitrogens is 1. The Morgan fingerprint density at radius 2 is 2.11 bits per heavy atom. The topological polar surface area (TPSA) is 76.3 Å². The summed E-state index contributed by atoms with van der Waals surface area (Å²) in [6.07, 6.45) is 3.01. The van der Waals surface area contributed by atoms with Crippen molar-refractivity contribution in [1.29, 1.82) is 0 Å². The van der Waals surface area contributed by atoms with E-state index >= 15 is 0 Å². The van der Waals surface area contributed by atoms with Gasteiger partial charge in [0.25, 0.3) is 0 Å². The van der Waals surface area contributed by atoms with Gasteiger partial charge in [0.05, 0.1) is 0 Å². The largest absolute Gasteiger partial charge is 0.383 e. The molecule has 0 spiro atoms. The van der Waals surface area contributed by atoms with E-state index in [0.29, 0.717) is 0 Å². The Morgan fingerprint density at radius 1 is 1.50 bits per heavy atom. The molecule has 1 aromatic rings. The number of pyridine rings is 1. The summed E-state index contributed by atoms with van der Waals surface area (Å²) in [5.41, 5.74) is 5.08. The van der Waals surface area contributed by atoms with Gasteiger partial charge >= 0.3 is 0 Å². The maximum Gasteiger partial charge on any atom is 0.247 e. The Hall–Kier alpha value is -1.40. The van der Waals surface area contributed by atoms with Crippen molar-refractivity contribution in [2.75, 3.05) is 12.3 Å². The first kappa shape index (κ1) is 14.7. The Labute approximate surface area is 108 Å².